The highest BCUT2D eigenvalue weighted by Crippen LogP contribution is 2.25. The number of benzene rings is 2. The molecular formula is C22H19F4N3O2. The number of methoxy groups -OCH3 is 1. The standard InChI is InChI=1S/C22H19F4N3O2/c1-4-15-22(27-10-16(28-15)12-5-7-13(31-3)8-6-12)29-17(30)9-14-11(2)18(23)20(25)21(26)19(14)24/h5-8,10H,4,9H2,1-3H3,(H,27,29,30). The molecule has 0 saturated carbocycles. The molecule has 1 amide bonds. The first-order valence-corrected chi connectivity index (χ1v) is 9.38. The number of anilines is 1. The molecule has 0 unspecified atom stereocenters. The Morgan fingerprint density at radius 3 is 2.29 bits per heavy atom. The van der Waals surface area contributed by atoms with Gasteiger partial charge in [-0.1, -0.05) is 6.92 Å². The number of nitrogens with one attached hydrogen (secondary N) is 1. The van der Waals surface area contributed by atoms with Crippen LogP contribution in [0, 0.1) is 30.2 Å². The SMILES string of the molecule is CCc1nc(-c2ccc(OC)cc2)cnc1NC(=O)Cc1c(C)c(F)c(F)c(F)c1F. The molecule has 0 bridgehead atoms. The summed E-state index contributed by atoms with van der Waals surface area (Å²) in [6.07, 6.45) is 1.19. The van der Waals surface area contributed by atoms with Crippen molar-refractivity contribution in [2.45, 2.75) is 26.7 Å². The minimum absolute atomic E-state index is 0.144. The predicted octanol–water partition coefficient (Wildman–Crippen LogP) is 4.76. The molecule has 1 heterocycles. The predicted molar refractivity (Wildman–Crippen MR) is 107 cm³/mol. The van der Waals surface area contributed by atoms with Gasteiger partial charge >= 0.3 is 0 Å². The quantitative estimate of drug-likeness (QED) is 0.346. The topological polar surface area (TPSA) is 64.1 Å². The van der Waals surface area contributed by atoms with Crippen LogP contribution in [-0.4, -0.2) is 23.0 Å². The van der Waals surface area contributed by atoms with Crippen molar-refractivity contribution in [1.82, 2.24) is 9.97 Å². The van der Waals surface area contributed by atoms with E-state index in [9.17, 15) is 22.4 Å². The van der Waals surface area contributed by atoms with Crippen LogP contribution in [0.15, 0.2) is 30.5 Å². The molecule has 0 aliphatic carbocycles. The first-order chi connectivity index (χ1) is 14.8. The normalized spacial score (nSPS) is 10.8. The van der Waals surface area contributed by atoms with Gasteiger partial charge in [0.15, 0.2) is 29.1 Å². The van der Waals surface area contributed by atoms with E-state index in [1.54, 1.807) is 19.2 Å². The van der Waals surface area contributed by atoms with Gasteiger partial charge in [0, 0.05) is 11.1 Å². The van der Waals surface area contributed by atoms with E-state index in [4.69, 9.17) is 4.74 Å². The van der Waals surface area contributed by atoms with Gasteiger partial charge in [0.25, 0.3) is 0 Å². The van der Waals surface area contributed by atoms with Crippen LogP contribution in [0.3, 0.4) is 0 Å². The minimum Gasteiger partial charge on any atom is -0.497 e. The maximum absolute atomic E-state index is 14.0. The third kappa shape index (κ3) is 4.50. The van der Waals surface area contributed by atoms with Gasteiger partial charge in [-0.2, -0.15) is 0 Å². The van der Waals surface area contributed by atoms with E-state index in [2.05, 4.69) is 15.3 Å². The molecule has 0 radical (unpaired) electrons. The number of ether oxygens (including phenoxy) is 1. The van der Waals surface area contributed by atoms with Crippen molar-refractivity contribution in [3.63, 3.8) is 0 Å². The van der Waals surface area contributed by atoms with Gasteiger partial charge in [-0.15, -0.1) is 0 Å². The third-order valence-electron chi connectivity index (χ3n) is 4.79. The largest absolute Gasteiger partial charge is 0.497 e. The van der Waals surface area contributed by atoms with Crippen LogP contribution in [0.2, 0.25) is 0 Å². The fraction of sp³-hybridized carbons (Fsp3) is 0.227. The van der Waals surface area contributed by atoms with E-state index in [1.165, 1.54) is 6.20 Å². The van der Waals surface area contributed by atoms with Gasteiger partial charge in [0.1, 0.15) is 5.75 Å². The molecule has 1 N–H and O–H groups in total. The lowest BCUT2D eigenvalue weighted by Crippen LogP contribution is -2.20. The molecule has 162 valence electrons. The molecular weight excluding hydrogens is 414 g/mol. The average Bonchev–Trinajstić information content (AvgIpc) is 2.79. The number of rotatable bonds is 6. The Hall–Kier alpha value is -3.49. The Morgan fingerprint density at radius 2 is 1.68 bits per heavy atom. The highest BCUT2D eigenvalue weighted by atomic mass is 19.2. The van der Waals surface area contributed by atoms with Crippen LogP contribution in [-0.2, 0) is 17.6 Å². The number of aromatic nitrogens is 2. The van der Waals surface area contributed by atoms with Crippen molar-refractivity contribution in [3.8, 4) is 17.0 Å². The molecule has 0 fully saturated rings. The van der Waals surface area contributed by atoms with Gasteiger partial charge in [-0.05, 0) is 43.2 Å². The lowest BCUT2D eigenvalue weighted by atomic mass is 10.0. The fourth-order valence-electron chi connectivity index (χ4n) is 3.01. The maximum atomic E-state index is 14.0. The summed E-state index contributed by atoms with van der Waals surface area (Å²) >= 11 is 0. The molecule has 3 aromatic rings. The molecule has 31 heavy (non-hydrogen) atoms. The number of amides is 1. The summed E-state index contributed by atoms with van der Waals surface area (Å²) in [5.74, 6) is -6.93. The molecule has 0 atom stereocenters. The minimum atomic E-state index is -1.95. The van der Waals surface area contributed by atoms with Crippen LogP contribution in [0.25, 0.3) is 11.3 Å². The van der Waals surface area contributed by atoms with E-state index in [1.807, 2.05) is 19.1 Å². The third-order valence-corrected chi connectivity index (χ3v) is 4.79. The van der Waals surface area contributed by atoms with Crippen LogP contribution >= 0.6 is 0 Å². The summed E-state index contributed by atoms with van der Waals surface area (Å²) in [5.41, 5.74) is 0.797. The van der Waals surface area contributed by atoms with Crippen molar-refractivity contribution in [2.75, 3.05) is 12.4 Å². The van der Waals surface area contributed by atoms with Crippen molar-refractivity contribution in [1.29, 1.82) is 0 Å². The molecule has 9 heteroatoms. The van der Waals surface area contributed by atoms with E-state index in [0.29, 0.717) is 23.6 Å². The highest BCUT2D eigenvalue weighted by Gasteiger charge is 2.24. The zero-order valence-corrected chi connectivity index (χ0v) is 17.0. The summed E-state index contributed by atoms with van der Waals surface area (Å²) < 4.78 is 59.8. The Bertz CT molecular complexity index is 1110. The molecule has 0 saturated heterocycles. The van der Waals surface area contributed by atoms with Gasteiger partial charge in [-0.25, -0.2) is 27.5 Å². The van der Waals surface area contributed by atoms with Crippen molar-refractivity contribution in [3.05, 3.63) is 70.6 Å². The second-order valence-electron chi connectivity index (χ2n) is 6.72. The summed E-state index contributed by atoms with van der Waals surface area (Å²) in [6, 6.07) is 7.17. The molecule has 3 rings (SSSR count). The smallest absolute Gasteiger partial charge is 0.230 e. The second kappa shape index (κ2) is 9.11. The monoisotopic (exact) mass is 433 g/mol. The second-order valence-corrected chi connectivity index (χ2v) is 6.72. The van der Waals surface area contributed by atoms with E-state index in [-0.39, 0.29) is 5.82 Å². The Kier molecular flexibility index (Phi) is 6.53. The molecule has 5 nitrogen and oxygen atoms in total. The molecule has 0 spiro atoms. The van der Waals surface area contributed by atoms with Crippen LogP contribution in [0.4, 0.5) is 23.4 Å². The zero-order chi connectivity index (χ0) is 22.7. The number of nitrogens with zero attached hydrogens (tertiary/aromatic N) is 2. The van der Waals surface area contributed by atoms with Gasteiger partial charge < -0.3 is 10.1 Å². The number of hydrogen-bond donors (Lipinski definition) is 1. The number of aryl methyl sites for hydroxylation is 1. The van der Waals surface area contributed by atoms with Gasteiger partial charge in [0.2, 0.25) is 5.91 Å². The maximum Gasteiger partial charge on any atom is 0.230 e. The lowest BCUT2D eigenvalue weighted by Gasteiger charge is -2.13. The molecule has 0 aliphatic rings. The molecule has 2 aromatic carbocycles. The fourth-order valence-corrected chi connectivity index (χ4v) is 3.01. The average molecular weight is 433 g/mol. The Balaban J connectivity index is 1.83. The number of hydrogen-bond acceptors (Lipinski definition) is 4. The lowest BCUT2D eigenvalue weighted by molar-refractivity contribution is -0.115. The summed E-state index contributed by atoms with van der Waals surface area (Å²) in [4.78, 5) is 21.1. The summed E-state index contributed by atoms with van der Waals surface area (Å²) in [7, 11) is 1.56. The Morgan fingerprint density at radius 1 is 1.03 bits per heavy atom. The Labute approximate surface area is 176 Å². The molecule has 0 aliphatic heterocycles. The molecule has 1 aromatic heterocycles. The van der Waals surface area contributed by atoms with Crippen LogP contribution in [0.5, 0.6) is 5.75 Å². The highest BCUT2D eigenvalue weighted by molar-refractivity contribution is 5.92. The number of halogens is 4. The van der Waals surface area contributed by atoms with Gasteiger partial charge in [0.05, 0.1) is 31.1 Å². The first kappa shape index (κ1) is 22.2. The van der Waals surface area contributed by atoms with E-state index >= 15 is 0 Å². The van der Waals surface area contributed by atoms with Crippen molar-refractivity contribution < 1.29 is 27.1 Å². The van der Waals surface area contributed by atoms with Crippen molar-refractivity contribution >= 4 is 11.7 Å². The summed E-state index contributed by atoms with van der Waals surface area (Å²) in [6.45, 7) is 2.89. The number of carbonyl (C=O) groups excluding carboxylic acids is 1. The van der Waals surface area contributed by atoms with Gasteiger partial charge in [-0.3, -0.25) is 4.79 Å². The van der Waals surface area contributed by atoms with Crippen LogP contribution < -0.4 is 10.1 Å². The summed E-state index contributed by atoms with van der Waals surface area (Å²) in [5, 5.41) is 2.48. The zero-order valence-electron chi connectivity index (χ0n) is 17.0. The van der Waals surface area contributed by atoms with E-state index in [0.717, 1.165) is 12.5 Å². The van der Waals surface area contributed by atoms with Crippen molar-refractivity contribution in [2.24, 2.45) is 0 Å². The first-order valence-electron chi connectivity index (χ1n) is 9.38. The van der Waals surface area contributed by atoms with E-state index < -0.39 is 46.7 Å². The number of carbonyl (C=O) groups is 1. The van der Waals surface area contributed by atoms with Crippen LogP contribution in [0.1, 0.15) is 23.7 Å².